The zero-order valence-corrected chi connectivity index (χ0v) is 14.3. The number of hydrogen-bond acceptors (Lipinski definition) is 5. The Bertz CT molecular complexity index is 745. The lowest BCUT2D eigenvalue weighted by Crippen LogP contribution is -2.47. The zero-order valence-electron chi connectivity index (χ0n) is 14.3. The molecule has 1 amide bonds. The van der Waals surface area contributed by atoms with Crippen molar-refractivity contribution >= 4 is 11.7 Å². The van der Waals surface area contributed by atoms with Gasteiger partial charge in [-0.25, -0.2) is 4.68 Å². The third-order valence-electron chi connectivity index (χ3n) is 5.08. The van der Waals surface area contributed by atoms with Gasteiger partial charge in [0.2, 0.25) is 0 Å². The maximum Gasteiger partial charge on any atom is 0.258 e. The van der Waals surface area contributed by atoms with Crippen LogP contribution in [0.15, 0.2) is 30.6 Å². The number of pyridine rings is 1. The molecule has 7 heteroatoms. The average molecular weight is 341 g/mol. The third-order valence-corrected chi connectivity index (χ3v) is 5.08. The maximum atomic E-state index is 12.5. The Hall–Kier alpha value is -2.41. The summed E-state index contributed by atoms with van der Waals surface area (Å²) in [6.45, 7) is 0. The van der Waals surface area contributed by atoms with Gasteiger partial charge in [-0.3, -0.25) is 9.78 Å². The van der Waals surface area contributed by atoms with Crippen LogP contribution in [0.3, 0.4) is 0 Å². The van der Waals surface area contributed by atoms with Crippen LogP contribution in [0, 0.1) is 0 Å². The number of nitrogens with zero attached hydrogens (tertiary/aromatic N) is 3. The highest BCUT2D eigenvalue weighted by atomic mass is 16.5. The zero-order chi connectivity index (χ0) is 17.2. The highest BCUT2D eigenvalue weighted by Crippen LogP contribution is 2.34. The van der Waals surface area contributed by atoms with E-state index in [1.807, 2.05) is 22.9 Å². The number of rotatable bonds is 4. The van der Waals surface area contributed by atoms with E-state index in [2.05, 4.69) is 20.7 Å². The Kier molecular flexibility index (Phi) is 4.40. The van der Waals surface area contributed by atoms with Crippen LogP contribution in [0.1, 0.15) is 47.8 Å². The predicted octanol–water partition coefficient (Wildman–Crippen LogP) is 2.13. The number of hydrogen-bond donors (Lipinski definition) is 2. The van der Waals surface area contributed by atoms with Crippen molar-refractivity contribution in [3.63, 3.8) is 0 Å². The van der Waals surface area contributed by atoms with E-state index in [-0.39, 0.29) is 24.2 Å². The summed E-state index contributed by atoms with van der Waals surface area (Å²) in [6.07, 6.45) is 8.35. The number of aromatic nitrogens is 3. The molecule has 1 aliphatic heterocycles. The molecule has 2 N–H and O–H groups in total. The van der Waals surface area contributed by atoms with Crippen molar-refractivity contribution in [1.29, 1.82) is 0 Å². The van der Waals surface area contributed by atoms with E-state index in [4.69, 9.17) is 4.74 Å². The minimum Gasteiger partial charge on any atom is -0.379 e. The summed E-state index contributed by atoms with van der Waals surface area (Å²) in [4.78, 5) is 16.8. The Morgan fingerprint density at radius 1 is 1.28 bits per heavy atom. The maximum absolute atomic E-state index is 12.5. The molecular formula is C18H23N5O2. The molecule has 1 saturated carbocycles. The van der Waals surface area contributed by atoms with Gasteiger partial charge in [0.05, 0.1) is 18.3 Å². The first-order chi connectivity index (χ1) is 12.3. The Morgan fingerprint density at radius 2 is 2.16 bits per heavy atom. The van der Waals surface area contributed by atoms with E-state index in [0.717, 1.165) is 30.8 Å². The lowest BCUT2D eigenvalue weighted by molar-refractivity contribution is 0.0252. The summed E-state index contributed by atoms with van der Waals surface area (Å²) in [7, 11) is 1.75. The van der Waals surface area contributed by atoms with Gasteiger partial charge >= 0.3 is 0 Å². The minimum atomic E-state index is -0.199. The normalized spacial score (nSPS) is 25.8. The molecule has 2 aliphatic rings. The van der Waals surface area contributed by atoms with Crippen molar-refractivity contribution in [2.45, 2.75) is 50.4 Å². The second kappa shape index (κ2) is 6.84. The molecule has 2 aromatic heterocycles. The first-order valence-corrected chi connectivity index (χ1v) is 8.84. The van der Waals surface area contributed by atoms with Crippen molar-refractivity contribution in [2.75, 3.05) is 12.4 Å². The van der Waals surface area contributed by atoms with Gasteiger partial charge in [0, 0.05) is 25.4 Å². The number of amides is 1. The summed E-state index contributed by atoms with van der Waals surface area (Å²) in [6, 6.07) is 5.96. The van der Waals surface area contributed by atoms with Crippen molar-refractivity contribution in [2.24, 2.45) is 0 Å². The molecule has 3 atom stereocenters. The summed E-state index contributed by atoms with van der Waals surface area (Å²) in [5, 5.41) is 10.9. The number of nitrogens with one attached hydrogen (secondary N) is 2. The van der Waals surface area contributed by atoms with E-state index >= 15 is 0 Å². The molecule has 7 nitrogen and oxygen atoms in total. The molecule has 0 aromatic carbocycles. The topological polar surface area (TPSA) is 81.1 Å². The number of ether oxygens (including phenoxy) is 1. The molecule has 3 heterocycles. The quantitative estimate of drug-likeness (QED) is 0.890. The minimum absolute atomic E-state index is 0.0919. The Labute approximate surface area is 146 Å². The lowest BCUT2D eigenvalue weighted by atomic mass is 9.92. The largest absolute Gasteiger partial charge is 0.379 e. The van der Waals surface area contributed by atoms with E-state index < -0.39 is 0 Å². The number of carbonyl (C=O) groups is 1. The summed E-state index contributed by atoms with van der Waals surface area (Å²) >= 11 is 0. The highest BCUT2D eigenvalue weighted by molar-refractivity contribution is 6.00. The van der Waals surface area contributed by atoms with Gasteiger partial charge in [-0.2, -0.15) is 5.10 Å². The van der Waals surface area contributed by atoms with Crippen LogP contribution >= 0.6 is 0 Å². The monoisotopic (exact) mass is 341 g/mol. The standard InChI is InChI=1S/C18H23N5O2/c1-25-15-8-3-2-7-14(15)23-17-13(11-20-23)18(24)22-16(21-17)10-12-6-4-5-9-19-12/h4-6,9,11,14-16,21H,2-3,7-8,10H2,1H3,(H,22,24). The Morgan fingerprint density at radius 3 is 2.96 bits per heavy atom. The van der Waals surface area contributed by atoms with Crippen LogP contribution in [0.4, 0.5) is 5.82 Å². The molecule has 4 rings (SSSR count). The smallest absolute Gasteiger partial charge is 0.258 e. The fourth-order valence-electron chi connectivity index (χ4n) is 3.82. The first-order valence-electron chi connectivity index (χ1n) is 8.84. The van der Waals surface area contributed by atoms with Gasteiger partial charge in [0.1, 0.15) is 17.5 Å². The van der Waals surface area contributed by atoms with Gasteiger partial charge < -0.3 is 15.4 Å². The average Bonchev–Trinajstić information content (AvgIpc) is 3.07. The van der Waals surface area contributed by atoms with E-state index in [9.17, 15) is 4.79 Å². The summed E-state index contributed by atoms with van der Waals surface area (Å²) < 4.78 is 7.62. The molecule has 3 unspecified atom stereocenters. The van der Waals surface area contributed by atoms with Crippen LogP contribution in [-0.4, -0.2) is 40.1 Å². The van der Waals surface area contributed by atoms with Crippen LogP contribution in [0.25, 0.3) is 0 Å². The van der Waals surface area contributed by atoms with Crippen molar-refractivity contribution < 1.29 is 9.53 Å². The van der Waals surface area contributed by atoms with Crippen molar-refractivity contribution in [3.8, 4) is 0 Å². The molecular weight excluding hydrogens is 318 g/mol. The van der Waals surface area contributed by atoms with Crippen LogP contribution < -0.4 is 10.6 Å². The van der Waals surface area contributed by atoms with E-state index in [1.165, 1.54) is 6.42 Å². The molecule has 25 heavy (non-hydrogen) atoms. The molecule has 1 aliphatic carbocycles. The molecule has 0 radical (unpaired) electrons. The predicted molar refractivity (Wildman–Crippen MR) is 93.3 cm³/mol. The third kappa shape index (κ3) is 3.11. The lowest BCUT2D eigenvalue weighted by Gasteiger charge is -2.33. The van der Waals surface area contributed by atoms with Crippen molar-refractivity contribution in [3.05, 3.63) is 41.9 Å². The van der Waals surface area contributed by atoms with Gasteiger partial charge in [0.15, 0.2) is 0 Å². The SMILES string of the molecule is COC1CCCCC1n1ncc2c1NC(Cc1ccccn1)NC2=O. The molecule has 0 spiro atoms. The van der Waals surface area contributed by atoms with Gasteiger partial charge in [-0.1, -0.05) is 18.9 Å². The van der Waals surface area contributed by atoms with Crippen LogP contribution in [0.2, 0.25) is 0 Å². The fourth-order valence-corrected chi connectivity index (χ4v) is 3.82. The number of fused-ring (bicyclic) bond motifs is 1. The first kappa shape index (κ1) is 16.1. The number of methoxy groups -OCH3 is 1. The number of carbonyl (C=O) groups excluding carboxylic acids is 1. The summed E-state index contributed by atoms with van der Waals surface area (Å²) in [5.41, 5.74) is 1.53. The van der Waals surface area contributed by atoms with Crippen LogP contribution in [0.5, 0.6) is 0 Å². The molecule has 132 valence electrons. The molecule has 2 aromatic rings. The van der Waals surface area contributed by atoms with E-state index in [1.54, 1.807) is 19.5 Å². The van der Waals surface area contributed by atoms with Gasteiger partial charge in [0.25, 0.3) is 5.91 Å². The Balaban J connectivity index is 1.59. The number of anilines is 1. The second-order valence-corrected chi connectivity index (χ2v) is 6.67. The summed E-state index contributed by atoms with van der Waals surface area (Å²) in [5.74, 6) is 0.698. The van der Waals surface area contributed by atoms with Gasteiger partial charge in [-0.15, -0.1) is 0 Å². The highest BCUT2D eigenvalue weighted by Gasteiger charge is 2.34. The molecule has 0 bridgehead atoms. The van der Waals surface area contributed by atoms with Crippen LogP contribution in [-0.2, 0) is 11.2 Å². The molecule has 1 fully saturated rings. The fraction of sp³-hybridized carbons (Fsp3) is 0.500. The van der Waals surface area contributed by atoms with Crippen molar-refractivity contribution in [1.82, 2.24) is 20.1 Å². The van der Waals surface area contributed by atoms with E-state index in [0.29, 0.717) is 12.0 Å². The molecule has 0 saturated heterocycles. The van der Waals surface area contributed by atoms with Gasteiger partial charge in [-0.05, 0) is 25.0 Å². The second-order valence-electron chi connectivity index (χ2n) is 6.67.